The molecule has 4 heteroatoms. The van der Waals surface area contributed by atoms with Crippen molar-refractivity contribution in [1.29, 1.82) is 0 Å². The fourth-order valence-electron chi connectivity index (χ4n) is 2.04. The van der Waals surface area contributed by atoms with Crippen molar-refractivity contribution >= 4 is 11.5 Å². The molecule has 0 bridgehead atoms. The Morgan fingerprint density at radius 1 is 1.15 bits per heavy atom. The Morgan fingerprint density at radius 3 is 2.55 bits per heavy atom. The van der Waals surface area contributed by atoms with Gasteiger partial charge in [0.1, 0.15) is 5.82 Å². The maximum atomic E-state index is 4.32. The van der Waals surface area contributed by atoms with Crippen molar-refractivity contribution in [1.82, 2.24) is 9.97 Å². The molecule has 0 spiro atoms. The van der Waals surface area contributed by atoms with Crippen LogP contribution in [0, 0.1) is 6.92 Å². The molecule has 2 rings (SSSR count). The zero-order valence-corrected chi connectivity index (χ0v) is 12.6. The number of nitrogens with one attached hydrogen (secondary N) is 1. The van der Waals surface area contributed by atoms with E-state index in [0.717, 1.165) is 18.1 Å². The first kappa shape index (κ1) is 14.3. The minimum atomic E-state index is 0.467. The van der Waals surface area contributed by atoms with Crippen LogP contribution >= 0.6 is 0 Å². The molecule has 0 atom stereocenters. The molecular formula is C16H22N4. The quantitative estimate of drug-likeness (QED) is 0.905. The van der Waals surface area contributed by atoms with Crippen molar-refractivity contribution < 1.29 is 0 Å². The van der Waals surface area contributed by atoms with Gasteiger partial charge in [-0.1, -0.05) is 18.2 Å². The zero-order chi connectivity index (χ0) is 14.5. The number of nitrogens with zero attached hydrogens (tertiary/aromatic N) is 3. The number of para-hydroxylation sites is 1. The lowest BCUT2D eigenvalue weighted by Gasteiger charge is -2.26. The van der Waals surface area contributed by atoms with Gasteiger partial charge in [0, 0.05) is 37.7 Å². The summed E-state index contributed by atoms with van der Waals surface area (Å²) in [5.41, 5.74) is 3.42. The average Bonchev–Trinajstić information content (AvgIpc) is 2.46. The Labute approximate surface area is 120 Å². The van der Waals surface area contributed by atoms with Crippen LogP contribution in [-0.2, 0) is 6.54 Å². The van der Waals surface area contributed by atoms with Crippen molar-refractivity contribution in [3.05, 3.63) is 47.9 Å². The standard InChI is InChI=1S/C16H22N4/c1-12(2)20(4)15-8-6-5-7-14(15)11-19-16-13(3)17-9-10-18-16/h5-10,12H,11H2,1-4H3,(H,18,19). The van der Waals surface area contributed by atoms with Crippen LogP contribution in [0.3, 0.4) is 0 Å². The Kier molecular flexibility index (Phi) is 4.56. The molecule has 4 nitrogen and oxygen atoms in total. The highest BCUT2D eigenvalue weighted by Gasteiger charge is 2.10. The number of benzene rings is 1. The third kappa shape index (κ3) is 3.26. The van der Waals surface area contributed by atoms with E-state index in [1.807, 2.05) is 6.92 Å². The van der Waals surface area contributed by atoms with Gasteiger partial charge in [-0.15, -0.1) is 0 Å². The Morgan fingerprint density at radius 2 is 1.85 bits per heavy atom. The number of hydrogen-bond donors (Lipinski definition) is 1. The van der Waals surface area contributed by atoms with Gasteiger partial charge in [0.05, 0.1) is 5.69 Å². The molecule has 0 radical (unpaired) electrons. The van der Waals surface area contributed by atoms with E-state index < -0.39 is 0 Å². The molecule has 1 aromatic heterocycles. The van der Waals surface area contributed by atoms with Crippen LogP contribution in [0.1, 0.15) is 25.1 Å². The molecule has 0 amide bonds. The molecule has 0 unspecified atom stereocenters. The zero-order valence-electron chi connectivity index (χ0n) is 12.6. The molecule has 1 N–H and O–H groups in total. The highest BCUT2D eigenvalue weighted by atomic mass is 15.1. The average molecular weight is 270 g/mol. The summed E-state index contributed by atoms with van der Waals surface area (Å²) < 4.78 is 0. The first-order valence-corrected chi connectivity index (χ1v) is 6.92. The Hall–Kier alpha value is -2.10. The molecule has 0 fully saturated rings. The highest BCUT2D eigenvalue weighted by Crippen LogP contribution is 2.22. The van der Waals surface area contributed by atoms with Gasteiger partial charge in [0.15, 0.2) is 0 Å². The topological polar surface area (TPSA) is 41.1 Å². The van der Waals surface area contributed by atoms with Gasteiger partial charge in [0.2, 0.25) is 0 Å². The number of aryl methyl sites for hydroxylation is 1. The predicted molar refractivity (Wildman–Crippen MR) is 84.1 cm³/mol. The lowest BCUT2D eigenvalue weighted by molar-refractivity contribution is 0.750. The summed E-state index contributed by atoms with van der Waals surface area (Å²) in [6, 6.07) is 8.91. The molecular weight excluding hydrogens is 248 g/mol. The molecule has 2 aromatic rings. The smallest absolute Gasteiger partial charge is 0.147 e. The normalized spacial score (nSPS) is 10.7. The molecule has 1 aromatic carbocycles. The molecule has 0 saturated carbocycles. The SMILES string of the molecule is Cc1nccnc1NCc1ccccc1N(C)C(C)C. The molecule has 0 aliphatic heterocycles. The fourth-order valence-corrected chi connectivity index (χ4v) is 2.04. The van der Waals surface area contributed by atoms with E-state index in [4.69, 9.17) is 0 Å². The molecule has 20 heavy (non-hydrogen) atoms. The van der Waals surface area contributed by atoms with Crippen molar-refractivity contribution in [3.8, 4) is 0 Å². The van der Waals surface area contributed by atoms with Crippen molar-refractivity contribution in [3.63, 3.8) is 0 Å². The van der Waals surface area contributed by atoms with Crippen LogP contribution in [0.2, 0.25) is 0 Å². The number of aromatic nitrogens is 2. The second-order valence-corrected chi connectivity index (χ2v) is 5.18. The van der Waals surface area contributed by atoms with E-state index >= 15 is 0 Å². The maximum Gasteiger partial charge on any atom is 0.147 e. The largest absolute Gasteiger partial charge is 0.372 e. The molecule has 0 saturated heterocycles. The lowest BCUT2D eigenvalue weighted by Crippen LogP contribution is -2.27. The van der Waals surface area contributed by atoms with Gasteiger partial charge >= 0.3 is 0 Å². The van der Waals surface area contributed by atoms with E-state index in [0.29, 0.717) is 6.04 Å². The van der Waals surface area contributed by atoms with Crippen molar-refractivity contribution in [2.45, 2.75) is 33.4 Å². The first-order valence-electron chi connectivity index (χ1n) is 6.92. The molecule has 106 valence electrons. The molecule has 1 heterocycles. The third-order valence-electron chi connectivity index (χ3n) is 3.47. The molecule has 0 aliphatic rings. The van der Waals surface area contributed by atoms with Gasteiger partial charge in [0.25, 0.3) is 0 Å². The highest BCUT2D eigenvalue weighted by molar-refractivity contribution is 5.55. The third-order valence-corrected chi connectivity index (χ3v) is 3.47. The first-order chi connectivity index (χ1) is 9.59. The lowest BCUT2D eigenvalue weighted by atomic mass is 10.1. The summed E-state index contributed by atoms with van der Waals surface area (Å²) in [5, 5.41) is 3.36. The fraction of sp³-hybridized carbons (Fsp3) is 0.375. The van der Waals surface area contributed by atoms with Gasteiger partial charge in [-0.05, 0) is 32.4 Å². The summed E-state index contributed by atoms with van der Waals surface area (Å²) in [7, 11) is 2.12. The monoisotopic (exact) mass is 270 g/mol. The van der Waals surface area contributed by atoms with Gasteiger partial charge in [-0.25, -0.2) is 4.98 Å². The van der Waals surface area contributed by atoms with Gasteiger partial charge in [-0.3, -0.25) is 4.98 Å². The van der Waals surface area contributed by atoms with Crippen LogP contribution in [-0.4, -0.2) is 23.1 Å². The minimum absolute atomic E-state index is 0.467. The van der Waals surface area contributed by atoms with E-state index in [1.54, 1.807) is 12.4 Å². The predicted octanol–water partition coefficient (Wildman–Crippen LogP) is 3.24. The van der Waals surface area contributed by atoms with E-state index in [1.165, 1.54) is 11.3 Å². The van der Waals surface area contributed by atoms with Crippen LogP contribution in [0.25, 0.3) is 0 Å². The van der Waals surface area contributed by atoms with Gasteiger partial charge < -0.3 is 10.2 Å². The summed E-state index contributed by atoms with van der Waals surface area (Å²) >= 11 is 0. The van der Waals surface area contributed by atoms with Crippen LogP contribution in [0.5, 0.6) is 0 Å². The summed E-state index contributed by atoms with van der Waals surface area (Å²) in [5.74, 6) is 0.842. The van der Waals surface area contributed by atoms with Crippen molar-refractivity contribution in [2.75, 3.05) is 17.3 Å². The van der Waals surface area contributed by atoms with Crippen LogP contribution < -0.4 is 10.2 Å². The van der Waals surface area contributed by atoms with E-state index in [2.05, 4.69) is 65.3 Å². The maximum absolute atomic E-state index is 4.32. The number of hydrogen-bond acceptors (Lipinski definition) is 4. The van der Waals surface area contributed by atoms with Gasteiger partial charge in [-0.2, -0.15) is 0 Å². The summed E-state index contributed by atoms with van der Waals surface area (Å²) in [6.07, 6.45) is 3.42. The van der Waals surface area contributed by atoms with Crippen molar-refractivity contribution in [2.24, 2.45) is 0 Å². The van der Waals surface area contributed by atoms with E-state index in [-0.39, 0.29) is 0 Å². The van der Waals surface area contributed by atoms with Crippen LogP contribution in [0.15, 0.2) is 36.7 Å². The van der Waals surface area contributed by atoms with Crippen LogP contribution in [0.4, 0.5) is 11.5 Å². The summed E-state index contributed by atoms with van der Waals surface area (Å²) in [6.45, 7) is 7.09. The molecule has 0 aliphatic carbocycles. The second-order valence-electron chi connectivity index (χ2n) is 5.18. The second kappa shape index (κ2) is 6.37. The number of rotatable bonds is 5. The summed E-state index contributed by atoms with van der Waals surface area (Å²) in [4.78, 5) is 10.8. The number of anilines is 2. The Bertz CT molecular complexity index is 566. The van der Waals surface area contributed by atoms with E-state index in [9.17, 15) is 0 Å². The Balaban J connectivity index is 2.16. The minimum Gasteiger partial charge on any atom is -0.372 e.